The molecule has 0 spiro atoms. The lowest BCUT2D eigenvalue weighted by molar-refractivity contribution is -0.142. The maximum atomic E-state index is 14.1. The number of rotatable bonds is 5. The number of aromatic nitrogens is 4. The van der Waals surface area contributed by atoms with Gasteiger partial charge in [0.25, 0.3) is 17.7 Å². The normalized spacial score (nSPS) is 11.8. The number of benzene rings is 1. The Bertz CT molecular complexity index is 1350. The first-order chi connectivity index (χ1) is 15.3. The predicted octanol–water partition coefficient (Wildman–Crippen LogP) is 3.49. The summed E-state index contributed by atoms with van der Waals surface area (Å²) in [5, 5.41) is 15.7. The van der Waals surface area contributed by atoms with Gasteiger partial charge in [-0.25, -0.2) is 12.8 Å². The number of nitrogens with zero attached hydrogens (tertiary/aromatic N) is 4. The minimum absolute atomic E-state index is 0.0278. The van der Waals surface area contributed by atoms with Crippen molar-refractivity contribution in [3.05, 3.63) is 58.7 Å². The highest BCUT2D eigenvalue weighted by atomic mass is 32.2. The van der Waals surface area contributed by atoms with E-state index in [1.807, 2.05) is 0 Å². The zero-order valence-corrected chi connectivity index (χ0v) is 18.0. The Hall–Kier alpha value is -3.68. The highest BCUT2D eigenvalue weighted by molar-refractivity contribution is 7.90. The molecule has 1 aromatic carbocycles. The van der Waals surface area contributed by atoms with Crippen LogP contribution in [0.2, 0.25) is 0 Å². The molecule has 174 valence electrons. The summed E-state index contributed by atoms with van der Waals surface area (Å²) >= 11 is 0. The second-order valence-corrected chi connectivity index (χ2v) is 8.86. The van der Waals surface area contributed by atoms with Crippen molar-refractivity contribution in [2.75, 3.05) is 11.6 Å². The Kier molecular flexibility index (Phi) is 6.31. The fourth-order valence-electron chi connectivity index (χ4n) is 2.71. The van der Waals surface area contributed by atoms with Gasteiger partial charge in [-0.05, 0) is 37.6 Å². The molecule has 14 heteroatoms. The van der Waals surface area contributed by atoms with Crippen LogP contribution in [0.1, 0.15) is 27.3 Å². The van der Waals surface area contributed by atoms with Crippen LogP contribution in [-0.2, 0) is 16.0 Å². The minimum atomic E-state index is -4.95. The van der Waals surface area contributed by atoms with Crippen LogP contribution in [-0.4, -0.2) is 41.0 Å². The summed E-state index contributed by atoms with van der Waals surface area (Å²) in [5.41, 5.74) is -2.63. The van der Waals surface area contributed by atoms with Crippen LogP contribution < -0.4 is 10.1 Å². The van der Waals surface area contributed by atoms with E-state index in [0.717, 1.165) is 25.3 Å². The van der Waals surface area contributed by atoms with Gasteiger partial charge in [-0.15, -0.1) is 15.3 Å². The largest absolute Gasteiger partial charge is 0.435 e. The van der Waals surface area contributed by atoms with E-state index in [2.05, 4.69) is 25.7 Å². The number of amides is 1. The molecule has 0 aliphatic carbocycles. The van der Waals surface area contributed by atoms with Crippen molar-refractivity contribution < 1.29 is 35.5 Å². The summed E-state index contributed by atoms with van der Waals surface area (Å²) < 4.78 is 82.8. The topological polar surface area (TPSA) is 124 Å². The van der Waals surface area contributed by atoms with E-state index >= 15 is 0 Å². The maximum Gasteiger partial charge on any atom is 0.435 e. The highest BCUT2D eigenvalue weighted by Gasteiger charge is 2.38. The lowest BCUT2D eigenvalue weighted by atomic mass is 10.1. The fraction of sp³-hybridized carbons (Fsp3) is 0.211. The van der Waals surface area contributed by atoms with E-state index in [-0.39, 0.29) is 16.3 Å². The molecule has 2 aromatic heterocycles. The molecule has 0 aliphatic heterocycles. The van der Waals surface area contributed by atoms with Crippen molar-refractivity contribution >= 4 is 21.4 Å². The van der Waals surface area contributed by atoms with Crippen LogP contribution in [0, 0.1) is 19.7 Å². The molecule has 3 aromatic rings. The Morgan fingerprint density at radius 3 is 2.30 bits per heavy atom. The molecule has 0 saturated carbocycles. The quantitative estimate of drug-likeness (QED) is 0.545. The summed E-state index contributed by atoms with van der Waals surface area (Å²) in [6, 6.07) is 6.02. The van der Waals surface area contributed by atoms with Crippen LogP contribution >= 0.6 is 0 Å². The van der Waals surface area contributed by atoms with Gasteiger partial charge in [0.2, 0.25) is 0 Å². The number of aryl methyl sites for hydroxylation is 1. The number of nitrogens with one attached hydrogen (secondary N) is 1. The van der Waals surface area contributed by atoms with Crippen LogP contribution in [0.15, 0.2) is 35.2 Å². The second kappa shape index (κ2) is 8.69. The summed E-state index contributed by atoms with van der Waals surface area (Å²) in [6.07, 6.45) is -4.00. The molecule has 0 radical (unpaired) electrons. The molecule has 2 heterocycles. The first-order valence-electron chi connectivity index (χ1n) is 9.01. The number of alkyl halides is 3. The van der Waals surface area contributed by atoms with Gasteiger partial charge in [0.1, 0.15) is 5.56 Å². The molecule has 9 nitrogen and oxygen atoms in total. The van der Waals surface area contributed by atoms with Crippen molar-refractivity contribution in [3.63, 3.8) is 0 Å². The number of hydrogen-bond acceptors (Lipinski definition) is 8. The number of anilines is 1. The third-order valence-electron chi connectivity index (χ3n) is 4.23. The second-order valence-electron chi connectivity index (χ2n) is 6.85. The smallest absolute Gasteiger partial charge is 0.414 e. The lowest BCUT2D eigenvalue weighted by Crippen LogP contribution is -2.21. The summed E-state index contributed by atoms with van der Waals surface area (Å²) in [5.74, 6) is -3.61. The van der Waals surface area contributed by atoms with E-state index in [1.165, 1.54) is 25.1 Å². The Morgan fingerprint density at radius 2 is 1.70 bits per heavy atom. The Balaban J connectivity index is 2.08. The van der Waals surface area contributed by atoms with Gasteiger partial charge in [0.15, 0.2) is 21.3 Å². The van der Waals surface area contributed by atoms with Gasteiger partial charge in [-0.1, -0.05) is 6.07 Å². The van der Waals surface area contributed by atoms with Crippen LogP contribution in [0.5, 0.6) is 11.8 Å². The van der Waals surface area contributed by atoms with Gasteiger partial charge in [-0.3, -0.25) is 4.79 Å². The van der Waals surface area contributed by atoms with E-state index in [9.17, 15) is 30.8 Å². The molecule has 0 unspecified atom stereocenters. The van der Waals surface area contributed by atoms with Gasteiger partial charge in [0, 0.05) is 18.0 Å². The summed E-state index contributed by atoms with van der Waals surface area (Å²) in [6.45, 7) is 2.41. The Morgan fingerprint density at radius 1 is 1.03 bits per heavy atom. The summed E-state index contributed by atoms with van der Waals surface area (Å²) in [7, 11) is -3.62. The maximum absolute atomic E-state index is 14.1. The van der Waals surface area contributed by atoms with Crippen molar-refractivity contribution in [3.8, 4) is 11.8 Å². The molecule has 0 saturated heterocycles. The average Bonchev–Trinajstić information content (AvgIpc) is 2.68. The fourth-order valence-corrected chi connectivity index (χ4v) is 3.38. The molecule has 0 fully saturated rings. The zero-order chi connectivity index (χ0) is 24.6. The number of sulfone groups is 1. The average molecular weight is 485 g/mol. The van der Waals surface area contributed by atoms with E-state index < -0.39 is 56.3 Å². The van der Waals surface area contributed by atoms with E-state index in [0.29, 0.717) is 0 Å². The molecule has 0 aliphatic rings. The molecule has 1 amide bonds. The molecule has 33 heavy (non-hydrogen) atoms. The minimum Gasteiger partial charge on any atom is -0.414 e. The zero-order valence-electron chi connectivity index (χ0n) is 17.2. The molecule has 0 atom stereocenters. The number of hydrogen-bond donors (Lipinski definition) is 1. The van der Waals surface area contributed by atoms with Crippen LogP contribution in [0.3, 0.4) is 0 Å². The van der Waals surface area contributed by atoms with Crippen molar-refractivity contribution in [1.29, 1.82) is 0 Å². The van der Waals surface area contributed by atoms with Crippen LogP contribution in [0.25, 0.3) is 0 Å². The van der Waals surface area contributed by atoms with Gasteiger partial charge >= 0.3 is 6.18 Å². The van der Waals surface area contributed by atoms with Crippen molar-refractivity contribution in [2.45, 2.75) is 24.9 Å². The van der Waals surface area contributed by atoms with Gasteiger partial charge < -0.3 is 10.1 Å². The van der Waals surface area contributed by atoms with Gasteiger partial charge in [0.05, 0.1) is 10.6 Å². The molecular formula is C19H15F4N5O4S. The van der Waals surface area contributed by atoms with E-state index in [1.54, 1.807) is 0 Å². The number of carbonyl (C=O) groups is 1. The summed E-state index contributed by atoms with van der Waals surface area (Å²) in [4.78, 5) is 12.8. The number of carbonyl (C=O) groups excluding carboxylic acids is 1. The first-order valence-corrected chi connectivity index (χ1v) is 10.9. The van der Waals surface area contributed by atoms with E-state index in [4.69, 9.17) is 4.74 Å². The lowest BCUT2D eigenvalue weighted by Gasteiger charge is -2.16. The molecule has 0 bridgehead atoms. The third kappa shape index (κ3) is 5.39. The molecule has 1 N–H and O–H groups in total. The molecular weight excluding hydrogens is 470 g/mol. The van der Waals surface area contributed by atoms with Gasteiger partial charge in [-0.2, -0.15) is 18.3 Å². The highest BCUT2D eigenvalue weighted by Crippen LogP contribution is 2.35. The number of ether oxygens (including phenoxy) is 1. The molecule has 3 rings (SSSR count). The standard InChI is InChI=1S/C19H15F4N5O4S/c1-9-7-13(20)17(27-25-9)32-18-14(10(2)15(26-28-18)19(21,22)23)16(29)24-11-5-4-6-12(8-11)33(3,30)31/h4-8H,1-3H3,(H,24,29). The predicted molar refractivity (Wildman–Crippen MR) is 106 cm³/mol. The van der Waals surface area contributed by atoms with Crippen LogP contribution in [0.4, 0.5) is 23.2 Å². The SMILES string of the molecule is Cc1cc(F)c(Oc2nnc(C(F)(F)F)c(C)c2C(=O)Nc2cccc(S(C)(=O)=O)c2)nn1. The number of halogens is 4. The Labute approximate surface area is 184 Å². The third-order valence-corrected chi connectivity index (χ3v) is 5.34. The van der Waals surface area contributed by atoms with Crippen molar-refractivity contribution in [2.24, 2.45) is 0 Å². The monoisotopic (exact) mass is 485 g/mol. The van der Waals surface area contributed by atoms with Crippen molar-refractivity contribution in [1.82, 2.24) is 20.4 Å². The first kappa shape index (κ1) is 24.0.